The van der Waals surface area contributed by atoms with Crippen LogP contribution in [0, 0.1) is 12.7 Å². The first-order valence-corrected chi connectivity index (χ1v) is 7.22. The van der Waals surface area contributed by atoms with Crippen molar-refractivity contribution in [1.29, 1.82) is 0 Å². The molecule has 1 atom stereocenters. The third-order valence-electron chi connectivity index (χ3n) is 3.54. The van der Waals surface area contributed by atoms with Crippen molar-refractivity contribution in [3.63, 3.8) is 0 Å². The second-order valence-corrected chi connectivity index (χ2v) is 5.72. The van der Waals surface area contributed by atoms with Crippen LogP contribution in [0.4, 0.5) is 4.39 Å². The van der Waals surface area contributed by atoms with Crippen molar-refractivity contribution >= 4 is 0 Å². The van der Waals surface area contributed by atoms with Crippen LogP contribution in [0.1, 0.15) is 49.4 Å². The SMILES string of the molecule is Cc1cc(Oc2ccccc2C(C)C)c([C@H](C)N)cc1F. The minimum Gasteiger partial charge on any atom is -0.457 e. The van der Waals surface area contributed by atoms with Crippen molar-refractivity contribution in [2.45, 2.75) is 39.7 Å². The van der Waals surface area contributed by atoms with Gasteiger partial charge in [-0.3, -0.25) is 0 Å². The van der Waals surface area contributed by atoms with Gasteiger partial charge in [0.15, 0.2) is 0 Å². The number of rotatable bonds is 4. The van der Waals surface area contributed by atoms with Crippen LogP contribution >= 0.6 is 0 Å². The average Bonchev–Trinajstić information content (AvgIpc) is 2.42. The smallest absolute Gasteiger partial charge is 0.132 e. The van der Waals surface area contributed by atoms with E-state index in [1.807, 2.05) is 31.2 Å². The van der Waals surface area contributed by atoms with E-state index in [4.69, 9.17) is 10.5 Å². The van der Waals surface area contributed by atoms with Crippen molar-refractivity contribution in [3.05, 3.63) is 58.9 Å². The zero-order chi connectivity index (χ0) is 15.6. The van der Waals surface area contributed by atoms with E-state index in [1.165, 1.54) is 6.07 Å². The molecule has 0 saturated carbocycles. The minimum absolute atomic E-state index is 0.258. The summed E-state index contributed by atoms with van der Waals surface area (Å²) in [7, 11) is 0. The van der Waals surface area contributed by atoms with Crippen LogP contribution in [0.3, 0.4) is 0 Å². The molecule has 2 rings (SSSR count). The van der Waals surface area contributed by atoms with Gasteiger partial charge in [0, 0.05) is 11.6 Å². The zero-order valence-corrected chi connectivity index (χ0v) is 13.0. The highest BCUT2D eigenvalue weighted by atomic mass is 19.1. The van der Waals surface area contributed by atoms with E-state index in [-0.39, 0.29) is 11.9 Å². The first-order chi connectivity index (χ1) is 9.90. The predicted molar refractivity (Wildman–Crippen MR) is 84.3 cm³/mol. The number of ether oxygens (including phenoxy) is 1. The van der Waals surface area contributed by atoms with Gasteiger partial charge in [-0.15, -0.1) is 0 Å². The van der Waals surface area contributed by atoms with E-state index < -0.39 is 0 Å². The highest BCUT2D eigenvalue weighted by molar-refractivity contribution is 5.45. The molecule has 0 fully saturated rings. The summed E-state index contributed by atoms with van der Waals surface area (Å²) in [6.07, 6.45) is 0. The topological polar surface area (TPSA) is 35.2 Å². The molecule has 0 amide bonds. The van der Waals surface area contributed by atoms with Gasteiger partial charge >= 0.3 is 0 Å². The summed E-state index contributed by atoms with van der Waals surface area (Å²) in [5.41, 5.74) is 8.29. The van der Waals surface area contributed by atoms with Gasteiger partial charge in [-0.05, 0) is 49.1 Å². The fourth-order valence-electron chi connectivity index (χ4n) is 2.28. The standard InChI is InChI=1S/C18H22FNO/c1-11(2)14-7-5-6-8-17(14)21-18-9-12(3)16(19)10-15(18)13(4)20/h5-11,13H,20H2,1-4H3/t13-/m0/s1. The summed E-state index contributed by atoms with van der Waals surface area (Å²) in [6, 6.07) is 10.8. The number of para-hydroxylation sites is 1. The Hall–Kier alpha value is -1.87. The molecule has 0 aliphatic carbocycles. The Balaban J connectivity index is 2.47. The summed E-state index contributed by atoms with van der Waals surface area (Å²) >= 11 is 0. The van der Waals surface area contributed by atoms with Crippen molar-refractivity contribution in [1.82, 2.24) is 0 Å². The number of hydrogen-bond acceptors (Lipinski definition) is 2. The maximum atomic E-state index is 13.8. The molecule has 0 radical (unpaired) electrons. The molecule has 2 aromatic rings. The quantitative estimate of drug-likeness (QED) is 0.852. The Morgan fingerprint density at radius 1 is 1.00 bits per heavy atom. The van der Waals surface area contributed by atoms with E-state index in [0.29, 0.717) is 22.8 Å². The molecule has 3 heteroatoms. The molecule has 2 N–H and O–H groups in total. The van der Waals surface area contributed by atoms with Crippen LogP contribution in [-0.4, -0.2) is 0 Å². The van der Waals surface area contributed by atoms with Crippen molar-refractivity contribution in [2.75, 3.05) is 0 Å². The molecule has 0 aliphatic rings. The molecule has 2 nitrogen and oxygen atoms in total. The number of benzene rings is 2. The highest BCUT2D eigenvalue weighted by Crippen LogP contribution is 2.34. The monoisotopic (exact) mass is 287 g/mol. The van der Waals surface area contributed by atoms with Crippen LogP contribution < -0.4 is 10.5 Å². The van der Waals surface area contributed by atoms with Gasteiger partial charge < -0.3 is 10.5 Å². The molecule has 0 unspecified atom stereocenters. The Bertz CT molecular complexity index is 635. The second kappa shape index (κ2) is 6.27. The van der Waals surface area contributed by atoms with Gasteiger partial charge in [0.05, 0.1) is 0 Å². The Morgan fingerprint density at radius 3 is 2.29 bits per heavy atom. The summed E-state index contributed by atoms with van der Waals surface area (Å²) in [5, 5.41) is 0. The van der Waals surface area contributed by atoms with E-state index in [9.17, 15) is 4.39 Å². The lowest BCUT2D eigenvalue weighted by molar-refractivity contribution is 0.460. The Morgan fingerprint density at radius 2 is 1.67 bits per heavy atom. The summed E-state index contributed by atoms with van der Waals surface area (Å²) < 4.78 is 19.8. The van der Waals surface area contributed by atoms with E-state index in [2.05, 4.69) is 13.8 Å². The van der Waals surface area contributed by atoms with Crippen LogP contribution in [0.25, 0.3) is 0 Å². The van der Waals surface area contributed by atoms with Gasteiger partial charge in [0.1, 0.15) is 17.3 Å². The third kappa shape index (κ3) is 3.42. The van der Waals surface area contributed by atoms with Gasteiger partial charge in [0.2, 0.25) is 0 Å². The lowest BCUT2D eigenvalue weighted by Crippen LogP contribution is -2.08. The van der Waals surface area contributed by atoms with Crippen molar-refractivity contribution in [3.8, 4) is 11.5 Å². The van der Waals surface area contributed by atoms with E-state index in [0.717, 1.165) is 11.3 Å². The molecule has 0 bridgehead atoms. The van der Waals surface area contributed by atoms with Gasteiger partial charge in [0.25, 0.3) is 0 Å². The molecule has 0 spiro atoms. The lowest BCUT2D eigenvalue weighted by atomic mass is 10.0. The van der Waals surface area contributed by atoms with Crippen LogP contribution in [0.2, 0.25) is 0 Å². The van der Waals surface area contributed by atoms with Gasteiger partial charge in [-0.1, -0.05) is 32.0 Å². The number of hydrogen-bond donors (Lipinski definition) is 1. The Kier molecular flexibility index (Phi) is 4.63. The summed E-state index contributed by atoms with van der Waals surface area (Å²) in [6.45, 7) is 7.78. The molecule has 21 heavy (non-hydrogen) atoms. The molecular formula is C18H22FNO. The van der Waals surface area contributed by atoms with Gasteiger partial charge in [-0.25, -0.2) is 4.39 Å². The number of halogens is 1. The molecule has 0 aliphatic heterocycles. The highest BCUT2D eigenvalue weighted by Gasteiger charge is 2.15. The minimum atomic E-state index is -0.290. The molecule has 0 aromatic heterocycles. The third-order valence-corrected chi connectivity index (χ3v) is 3.54. The largest absolute Gasteiger partial charge is 0.457 e. The van der Waals surface area contributed by atoms with Crippen LogP contribution in [-0.2, 0) is 0 Å². The molecule has 0 heterocycles. The van der Waals surface area contributed by atoms with Gasteiger partial charge in [-0.2, -0.15) is 0 Å². The molecule has 0 saturated heterocycles. The fourth-order valence-corrected chi connectivity index (χ4v) is 2.28. The zero-order valence-electron chi connectivity index (χ0n) is 13.0. The number of aryl methyl sites for hydroxylation is 1. The maximum absolute atomic E-state index is 13.8. The normalized spacial score (nSPS) is 12.5. The molecule has 2 aromatic carbocycles. The predicted octanol–water partition coefficient (Wildman–Crippen LogP) is 5.07. The van der Waals surface area contributed by atoms with Crippen LogP contribution in [0.15, 0.2) is 36.4 Å². The number of nitrogens with two attached hydrogens (primary N) is 1. The van der Waals surface area contributed by atoms with Crippen molar-refractivity contribution < 1.29 is 9.13 Å². The molecular weight excluding hydrogens is 265 g/mol. The van der Waals surface area contributed by atoms with Crippen molar-refractivity contribution in [2.24, 2.45) is 5.73 Å². The molecule has 112 valence electrons. The van der Waals surface area contributed by atoms with E-state index in [1.54, 1.807) is 13.0 Å². The second-order valence-electron chi connectivity index (χ2n) is 5.72. The fraction of sp³-hybridized carbons (Fsp3) is 0.333. The maximum Gasteiger partial charge on any atom is 0.132 e. The summed E-state index contributed by atoms with van der Waals surface area (Å²) in [4.78, 5) is 0. The lowest BCUT2D eigenvalue weighted by Gasteiger charge is -2.18. The van der Waals surface area contributed by atoms with Crippen LogP contribution in [0.5, 0.6) is 11.5 Å². The summed E-state index contributed by atoms with van der Waals surface area (Å²) in [5.74, 6) is 1.51. The first kappa shape index (κ1) is 15.5. The first-order valence-electron chi connectivity index (χ1n) is 7.22. The average molecular weight is 287 g/mol. The Labute approximate surface area is 125 Å². The van der Waals surface area contributed by atoms with E-state index >= 15 is 0 Å².